The zero-order valence-electron chi connectivity index (χ0n) is 14.5. The standard InChI is InChI=1S/C18H32O2Si/c1-14(2)21(15(3)4,16(5)6)20-12-11-17-7-9-18(13-19)10-8-17/h7-10,14-16,19H,11-13H2,1-6H3. The van der Waals surface area contributed by atoms with Crippen LogP contribution in [0.25, 0.3) is 0 Å². The molecule has 1 aromatic carbocycles. The van der Waals surface area contributed by atoms with Crippen molar-refractivity contribution in [3.8, 4) is 0 Å². The minimum Gasteiger partial charge on any atom is -0.416 e. The molecule has 0 spiro atoms. The molecule has 0 amide bonds. The smallest absolute Gasteiger partial charge is 0.200 e. The van der Waals surface area contributed by atoms with Gasteiger partial charge in [-0.3, -0.25) is 0 Å². The van der Waals surface area contributed by atoms with Crippen molar-refractivity contribution < 1.29 is 9.53 Å². The quantitative estimate of drug-likeness (QED) is 0.691. The zero-order valence-corrected chi connectivity index (χ0v) is 15.5. The molecule has 0 unspecified atom stereocenters. The summed E-state index contributed by atoms with van der Waals surface area (Å²) in [5, 5.41) is 9.08. The van der Waals surface area contributed by atoms with E-state index < -0.39 is 8.32 Å². The Morgan fingerprint density at radius 1 is 0.857 bits per heavy atom. The molecular formula is C18H32O2Si. The van der Waals surface area contributed by atoms with Crippen LogP contribution in [-0.2, 0) is 17.5 Å². The number of aliphatic hydroxyl groups is 1. The molecule has 0 saturated carbocycles. The summed E-state index contributed by atoms with van der Waals surface area (Å²) in [6.45, 7) is 14.8. The summed E-state index contributed by atoms with van der Waals surface area (Å²) in [6, 6.07) is 8.18. The van der Waals surface area contributed by atoms with Crippen LogP contribution in [0, 0.1) is 0 Å². The van der Waals surface area contributed by atoms with Crippen LogP contribution < -0.4 is 0 Å². The Morgan fingerprint density at radius 2 is 1.29 bits per heavy atom. The molecule has 3 heteroatoms. The fraction of sp³-hybridized carbons (Fsp3) is 0.667. The van der Waals surface area contributed by atoms with E-state index in [-0.39, 0.29) is 6.61 Å². The third-order valence-electron chi connectivity index (χ3n) is 4.66. The van der Waals surface area contributed by atoms with Crippen molar-refractivity contribution in [1.82, 2.24) is 0 Å². The number of hydrogen-bond acceptors (Lipinski definition) is 2. The highest BCUT2D eigenvalue weighted by atomic mass is 28.4. The molecule has 1 aromatic rings. The molecule has 0 saturated heterocycles. The van der Waals surface area contributed by atoms with Crippen molar-refractivity contribution in [2.75, 3.05) is 6.61 Å². The fourth-order valence-electron chi connectivity index (χ4n) is 3.66. The Hall–Kier alpha value is -0.643. The minimum atomic E-state index is -1.74. The van der Waals surface area contributed by atoms with Crippen molar-refractivity contribution in [2.24, 2.45) is 0 Å². The summed E-state index contributed by atoms with van der Waals surface area (Å²) in [7, 11) is -1.74. The lowest BCUT2D eigenvalue weighted by atomic mass is 10.1. The summed E-state index contributed by atoms with van der Waals surface area (Å²) < 4.78 is 6.56. The topological polar surface area (TPSA) is 29.5 Å². The van der Waals surface area contributed by atoms with Gasteiger partial charge in [0.15, 0.2) is 8.32 Å². The highest BCUT2D eigenvalue weighted by Gasteiger charge is 2.44. The molecule has 0 fully saturated rings. The van der Waals surface area contributed by atoms with Gasteiger partial charge in [0.25, 0.3) is 0 Å². The first kappa shape index (κ1) is 18.4. The van der Waals surface area contributed by atoms with E-state index in [2.05, 4.69) is 53.7 Å². The van der Waals surface area contributed by atoms with Crippen LogP contribution in [0.1, 0.15) is 52.7 Å². The summed E-state index contributed by atoms with van der Waals surface area (Å²) >= 11 is 0. The van der Waals surface area contributed by atoms with Crippen LogP contribution in [0.5, 0.6) is 0 Å². The number of hydrogen-bond donors (Lipinski definition) is 1. The second-order valence-corrected chi connectivity index (χ2v) is 12.4. The van der Waals surface area contributed by atoms with E-state index in [1.165, 1.54) is 5.56 Å². The lowest BCUT2D eigenvalue weighted by Crippen LogP contribution is -2.48. The van der Waals surface area contributed by atoms with Gasteiger partial charge in [0.2, 0.25) is 0 Å². The summed E-state index contributed by atoms with van der Waals surface area (Å²) in [6.07, 6.45) is 0.951. The van der Waals surface area contributed by atoms with E-state index in [4.69, 9.17) is 9.53 Å². The van der Waals surface area contributed by atoms with E-state index in [0.29, 0.717) is 16.6 Å². The van der Waals surface area contributed by atoms with Gasteiger partial charge in [-0.25, -0.2) is 0 Å². The largest absolute Gasteiger partial charge is 0.416 e. The molecular weight excluding hydrogens is 276 g/mol. The van der Waals surface area contributed by atoms with Crippen LogP contribution >= 0.6 is 0 Å². The summed E-state index contributed by atoms with van der Waals surface area (Å²) in [5.41, 5.74) is 4.15. The van der Waals surface area contributed by atoms with Gasteiger partial charge in [0, 0.05) is 6.61 Å². The molecule has 0 aromatic heterocycles. The Bertz CT molecular complexity index is 388. The van der Waals surface area contributed by atoms with Crippen molar-refractivity contribution in [3.05, 3.63) is 35.4 Å². The van der Waals surface area contributed by atoms with Gasteiger partial charge >= 0.3 is 0 Å². The average Bonchev–Trinajstić information content (AvgIpc) is 2.43. The maximum Gasteiger partial charge on any atom is 0.200 e. The molecule has 0 aliphatic rings. The Labute approximate surface area is 131 Å². The predicted octanol–water partition coefficient (Wildman–Crippen LogP) is 4.91. The monoisotopic (exact) mass is 308 g/mol. The van der Waals surface area contributed by atoms with Gasteiger partial charge in [-0.05, 0) is 34.2 Å². The number of benzene rings is 1. The van der Waals surface area contributed by atoms with Crippen LogP contribution in [0.4, 0.5) is 0 Å². The van der Waals surface area contributed by atoms with E-state index in [1.54, 1.807) is 0 Å². The molecule has 2 nitrogen and oxygen atoms in total. The second-order valence-electron chi connectivity index (χ2n) is 6.89. The van der Waals surface area contributed by atoms with Crippen LogP contribution in [0.15, 0.2) is 24.3 Å². The first-order valence-electron chi connectivity index (χ1n) is 8.17. The van der Waals surface area contributed by atoms with Crippen molar-refractivity contribution in [3.63, 3.8) is 0 Å². The first-order chi connectivity index (χ1) is 9.84. The summed E-state index contributed by atoms with van der Waals surface area (Å²) in [5.74, 6) is 0. The maximum atomic E-state index is 9.08. The van der Waals surface area contributed by atoms with E-state index in [9.17, 15) is 0 Å². The van der Waals surface area contributed by atoms with E-state index in [0.717, 1.165) is 18.6 Å². The Kier molecular flexibility index (Phi) is 7.11. The number of aliphatic hydroxyl groups excluding tert-OH is 1. The first-order valence-corrected chi connectivity index (χ1v) is 10.3. The van der Waals surface area contributed by atoms with Gasteiger partial charge in [0.05, 0.1) is 6.61 Å². The van der Waals surface area contributed by atoms with Gasteiger partial charge < -0.3 is 9.53 Å². The Balaban J connectivity index is 2.69. The zero-order chi connectivity index (χ0) is 16.0. The predicted molar refractivity (Wildman–Crippen MR) is 93.1 cm³/mol. The Morgan fingerprint density at radius 3 is 1.67 bits per heavy atom. The molecule has 21 heavy (non-hydrogen) atoms. The highest BCUT2D eigenvalue weighted by molar-refractivity contribution is 6.77. The molecule has 120 valence electrons. The molecule has 0 bridgehead atoms. The third-order valence-corrected chi connectivity index (χ3v) is 10.8. The van der Waals surface area contributed by atoms with Crippen molar-refractivity contribution >= 4 is 8.32 Å². The molecule has 0 atom stereocenters. The lowest BCUT2D eigenvalue weighted by Gasteiger charge is -2.42. The van der Waals surface area contributed by atoms with Crippen LogP contribution in [-0.4, -0.2) is 20.0 Å². The molecule has 0 aliphatic carbocycles. The third kappa shape index (κ3) is 4.41. The highest BCUT2D eigenvalue weighted by Crippen LogP contribution is 2.42. The minimum absolute atomic E-state index is 0.112. The van der Waals surface area contributed by atoms with Crippen LogP contribution in [0.3, 0.4) is 0 Å². The summed E-state index contributed by atoms with van der Waals surface area (Å²) in [4.78, 5) is 0. The van der Waals surface area contributed by atoms with Crippen molar-refractivity contribution in [1.29, 1.82) is 0 Å². The van der Waals surface area contributed by atoms with E-state index in [1.807, 2.05) is 12.1 Å². The van der Waals surface area contributed by atoms with Gasteiger partial charge in [0.1, 0.15) is 0 Å². The van der Waals surface area contributed by atoms with E-state index >= 15 is 0 Å². The SMILES string of the molecule is CC(C)[Si](OCCc1ccc(CO)cc1)(C(C)C)C(C)C. The maximum absolute atomic E-state index is 9.08. The number of rotatable bonds is 8. The lowest BCUT2D eigenvalue weighted by molar-refractivity contribution is 0.280. The van der Waals surface area contributed by atoms with Crippen molar-refractivity contribution in [2.45, 2.75) is 71.2 Å². The molecule has 1 N–H and O–H groups in total. The van der Waals surface area contributed by atoms with Gasteiger partial charge in [-0.2, -0.15) is 0 Å². The molecule has 0 radical (unpaired) electrons. The van der Waals surface area contributed by atoms with Crippen LogP contribution in [0.2, 0.25) is 16.6 Å². The van der Waals surface area contributed by atoms with Gasteiger partial charge in [-0.1, -0.05) is 65.8 Å². The fourth-order valence-corrected chi connectivity index (χ4v) is 9.11. The normalized spacial score (nSPS) is 12.7. The average molecular weight is 309 g/mol. The molecule has 0 heterocycles. The molecule has 0 aliphatic heterocycles. The second kappa shape index (κ2) is 8.11. The van der Waals surface area contributed by atoms with Gasteiger partial charge in [-0.15, -0.1) is 0 Å². The molecule has 1 rings (SSSR count).